The SMILES string of the molecule is C1=CCC=C(C2=CCC=CC=C2)C=C1.CC.CC.CC.CC.c1ccccc1. The van der Waals surface area contributed by atoms with Crippen LogP contribution < -0.4 is 0 Å². The Kier molecular flexibility index (Phi) is 31.9. The minimum atomic E-state index is 1.03. The summed E-state index contributed by atoms with van der Waals surface area (Å²) in [5.74, 6) is 0. The second-order valence-electron chi connectivity index (χ2n) is 4.52. The molecule has 28 heavy (non-hydrogen) atoms. The lowest BCUT2D eigenvalue weighted by Gasteiger charge is -2.01. The molecule has 0 fully saturated rings. The highest BCUT2D eigenvalue weighted by Gasteiger charge is 1.99. The summed E-state index contributed by atoms with van der Waals surface area (Å²) in [6, 6.07) is 12.0. The van der Waals surface area contributed by atoms with E-state index in [-0.39, 0.29) is 0 Å². The molecule has 0 atom stereocenters. The van der Waals surface area contributed by atoms with Crippen LogP contribution in [0.2, 0.25) is 0 Å². The number of rotatable bonds is 1. The van der Waals surface area contributed by atoms with Gasteiger partial charge in [-0.25, -0.2) is 0 Å². The summed E-state index contributed by atoms with van der Waals surface area (Å²) in [7, 11) is 0. The highest BCUT2D eigenvalue weighted by atomic mass is 14.0. The molecule has 0 nitrogen and oxygen atoms in total. The molecule has 0 heterocycles. The lowest BCUT2D eigenvalue weighted by atomic mass is 10.0. The first kappa shape index (κ1) is 30.4. The second kappa shape index (κ2) is 29.4. The van der Waals surface area contributed by atoms with Crippen LogP contribution in [0.4, 0.5) is 0 Å². The molecule has 0 heteroatoms. The van der Waals surface area contributed by atoms with Crippen LogP contribution >= 0.6 is 0 Å². The van der Waals surface area contributed by atoms with E-state index in [2.05, 4.69) is 60.8 Å². The third kappa shape index (κ3) is 18.5. The molecule has 156 valence electrons. The molecule has 0 aromatic heterocycles. The number of allylic oxidation sites excluding steroid dienone is 12. The molecule has 1 aromatic rings. The summed E-state index contributed by atoms with van der Waals surface area (Å²) in [6.07, 6.45) is 23.7. The van der Waals surface area contributed by atoms with Crippen molar-refractivity contribution in [3.05, 3.63) is 108 Å². The van der Waals surface area contributed by atoms with E-state index in [0.29, 0.717) is 0 Å². The van der Waals surface area contributed by atoms with E-state index in [1.54, 1.807) is 0 Å². The first-order valence-electron chi connectivity index (χ1n) is 11.0. The van der Waals surface area contributed by atoms with Crippen molar-refractivity contribution in [3.63, 3.8) is 0 Å². The van der Waals surface area contributed by atoms with Gasteiger partial charge < -0.3 is 0 Å². The molecular formula is C28H44. The smallest absolute Gasteiger partial charge is 0.0157 e. The van der Waals surface area contributed by atoms with Crippen molar-refractivity contribution in [1.82, 2.24) is 0 Å². The first-order chi connectivity index (χ1) is 14.0. The molecule has 2 aliphatic carbocycles. The standard InChI is InChI=1S/C14H14.C6H6.4C2H6/c1-2-6-10-13(9-5-1)14-11-7-3-4-8-12-14;1-2-4-6-5-3-1;4*1-2/h1-5,7,9-12H,6,8H2;1-6H;4*1-2H3. The van der Waals surface area contributed by atoms with Crippen LogP contribution in [0, 0.1) is 0 Å². The van der Waals surface area contributed by atoms with Crippen LogP contribution in [-0.4, -0.2) is 0 Å². The van der Waals surface area contributed by atoms with Crippen molar-refractivity contribution in [1.29, 1.82) is 0 Å². The molecule has 0 saturated carbocycles. The fourth-order valence-electron chi connectivity index (χ4n) is 1.97. The van der Waals surface area contributed by atoms with Crippen LogP contribution in [0.1, 0.15) is 68.2 Å². The van der Waals surface area contributed by atoms with Crippen molar-refractivity contribution in [2.45, 2.75) is 68.2 Å². The normalized spacial score (nSPS) is 12.6. The molecule has 0 spiro atoms. The predicted octanol–water partition coefficient (Wildman–Crippen LogP) is 9.66. The Bertz CT molecular complexity index is 499. The van der Waals surface area contributed by atoms with Crippen LogP contribution in [0.15, 0.2) is 108 Å². The predicted molar refractivity (Wildman–Crippen MR) is 134 cm³/mol. The van der Waals surface area contributed by atoms with Gasteiger partial charge in [-0.2, -0.15) is 0 Å². The van der Waals surface area contributed by atoms with E-state index in [0.717, 1.165) is 12.8 Å². The maximum absolute atomic E-state index is 2.27. The quantitative estimate of drug-likeness (QED) is 0.455. The van der Waals surface area contributed by atoms with E-state index < -0.39 is 0 Å². The third-order valence-electron chi connectivity index (χ3n) is 2.99. The molecule has 0 amide bonds. The molecule has 0 bridgehead atoms. The third-order valence-corrected chi connectivity index (χ3v) is 2.99. The summed E-state index contributed by atoms with van der Waals surface area (Å²) in [5, 5.41) is 0. The zero-order valence-electron chi connectivity index (χ0n) is 19.7. The van der Waals surface area contributed by atoms with Crippen LogP contribution in [0.5, 0.6) is 0 Å². The molecule has 0 N–H and O–H groups in total. The average Bonchev–Trinajstić information content (AvgIpc) is 3.26. The fourth-order valence-corrected chi connectivity index (χ4v) is 1.97. The van der Waals surface area contributed by atoms with E-state index in [9.17, 15) is 0 Å². The maximum atomic E-state index is 2.27. The van der Waals surface area contributed by atoms with E-state index in [1.165, 1.54) is 11.1 Å². The largest absolute Gasteiger partial charge is 0.0807 e. The van der Waals surface area contributed by atoms with E-state index in [1.807, 2.05) is 91.8 Å². The Hall–Kier alpha value is -2.34. The minimum Gasteiger partial charge on any atom is -0.0807 e. The van der Waals surface area contributed by atoms with Crippen LogP contribution in [0.3, 0.4) is 0 Å². The van der Waals surface area contributed by atoms with Gasteiger partial charge in [-0.1, -0.05) is 153 Å². The van der Waals surface area contributed by atoms with E-state index in [4.69, 9.17) is 0 Å². The molecule has 0 radical (unpaired) electrons. The van der Waals surface area contributed by atoms with Gasteiger partial charge in [0.05, 0.1) is 0 Å². The zero-order valence-corrected chi connectivity index (χ0v) is 19.7. The number of hydrogen-bond donors (Lipinski definition) is 0. The molecule has 0 saturated heterocycles. The molecule has 2 aliphatic rings. The summed E-state index contributed by atoms with van der Waals surface area (Å²) in [5.41, 5.74) is 2.66. The van der Waals surface area contributed by atoms with Gasteiger partial charge in [-0.05, 0) is 24.0 Å². The molecule has 0 unspecified atom stereocenters. The summed E-state index contributed by atoms with van der Waals surface area (Å²) in [4.78, 5) is 0. The highest BCUT2D eigenvalue weighted by molar-refractivity contribution is 5.49. The minimum absolute atomic E-state index is 1.03. The second-order valence-corrected chi connectivity index (χ2v) is 4.52. The van der Waals surface area contributed by atoms with Crippen molar-refractivity contribution in [2.75, 3.05) is 0 Å². The Morgan fingerprint density at radius 1 is 0.429 bits per heavy atom. The van der Waals surface area contributed by atoms with Crippen molar-refractivity contribution in [2.24, 2.45) is 0 Å². The molecular weight excluding hydrogens is 336 g/mol. The maximum Gasteiger partial charge on any atom is -0.0157 e. The van der Waals surface area contributed by atoms with Gasteiger partial charge in [-0.3, -0.25) is 0 Å². The Morgan fingerprint density at radius 3 is 1.00 bits per heavy atom. The first-order valence-corrected chi connectivity index (χ1v) is 11.0. The van der Waals surface area contributed by atoms with Crippen molar-refractivity contribution in [3.8, 4) is 0 Å². The Morgan fingerprint density at radius 2 is 0.714 bits per heavy atom. The van der Waals surface area contributed by atoms with Gasteiger partial charge >= 0.3 is 0 Å². The van der Waals surface area contributed by atoms with Crippen LogP contribution in [-0.2, 0) is 0 Å². The zero-order chi connectivity index (χ0) is 21.9. The molecule has 3 rings (SSSR count). The summed E-state index contributed by atoms with van der Waals surface area (Å²) >= 11 is 0. The number of benzene rings is 1. The van der Waals surface area contributed by atoms with E-state index >= 15 is 0 Å². The lowest BCUT2D eigenvalue weighted by Crippen LogP contribution is -1.82. The number of hydrogen-bond acceptors (Lipinski definition) is 0. The van der Waals surface area contributed by atoms with Gasteiger partial charge in [0.2, 0.25) is 0 Å². The van der Waals surface area contributed by atoms with Crippen LogP contribution in [0.25, 0.3) is 0 Å². The highest BCUT2D eigenvalue weighted by Crippen LogP contribution is 2.18. The molecule has 1 aromatic carbocycles. The van der Waals surface area contributed by atoms with Crippen molar-refractivity contribution < 1.29 is 0 Å². The van der Waals surface area contributed by atoms with Gasteiger partial charge in [-0.15, -0.1) is 0 Å². The lowest BCUT2D eigenvalue weighted by molar-refractivity contribution is 1.33. The Balaban J connectivity index is -0.000000375. The monoisotopic (exact) mass is 380 g/mol. The van der Waals surface area contributed by atoms with Gasteiger partial charge in [0.1, 0.15) is 0 Å². The van der Waals surface area contributed by atoms with Gasteiger partial charge in [0.15, 0.2) is 0 Å². The summed E-state index contributed by atoms with van der Waals surface area (Å²) in [6.45, 7) is 16.0. The Labute approximate surface area is 176 Å². The summed E-state index contributed by atoms with van der Waals surface area (Å²) < 4.78 is 0. The topological polar surface area (TPSA) is 0 Å². The van der Waals surface area contributed by atoms with Crippen molar-refractivity contribution >= 4 is 0 Å². The molecule has 0 aliphatic heterocycles. The fraction of sp³-hybridized carbons (Fsp3) is 0.357. The van der Waals surface area contributed by atoms with Gasteiger partial charge in [0, 0.05) is 0 Å². The van der Waals surface area contributed by atoms with Gasteiger partial charge in [0.25, 0.3) is 0 Å². The average molecular weight is 381 g/mol.